The molecule has 156 valence electrons. The topological polar surface area (TPSA) is 68.2 Å². The van der Waals surface area contributed by atoms with E-state index in [1.165, 1.54) is 19.0 Å². The van der Waals surface area contributed by atoms with Crippen molar-refractivity contribution in [3.8, 4) is 0 Å². The highest BCUT2D eigenvalue weighted by Crippen LogP contribution is 2.46. The van der Waals surface area contributed by atoms with Crippen LogP contribution in [0.25, 0.3) is 0 Å². The predicted octanol–water partition coefficient (Wildman–Crippen LogP) is 3.42. The molecule has 2 saturated heterocycles. The Morgan fingerprint density at radius 1 is 1.07 bits per heavy atom. The van der Waals surface area contributed by atoms with Crippen molar-refractivity contribution in [3.63, 3.8) is 0 Å². The first-order valence-electron chi connectivity index (χ1n) is 10.5. The zero-order valence-electron chi connectivity index (χ0n) is 16.8. The van der Waals surface area contributed by atoms with Crippen molar-refractivity contribution in [2.45, 2.75) is 57.3 Å². The molecule has 2 aliphatic rings. The second-order valence-electron chi connectivity index (χ2n) is 7.87. The van der Waals surface area contributed by atoms with Crippen LogP contribution in [0, 0.1) is 11.8 Å². The van der Waals surface area contributed by atoms with Crippen LogP contribution in [0.5, 0.6) is 0 Å². The van der Waals surface area contributed by atoms with Crippen molar-refractivity contribution in [2.24, 2.45) is 11.8 Å². The molecular formula is C22H33NO5. The molecule has 6 heteroatoms. The summed E-state index contributed by atoms with van der Waals surface area (Å²) in [6.45, 7) is 2.67. The lowest BCUT2D eigenvalue weighted by atomic mass is 9.76. The second kappa shape index (κ2) is 10.9. The van der Waals surface area contributed by atoms with E-state index in [0.717, 1.165) is 25.9 Å². The van der Waals surface area contributed by atoms with Gasteiger partial charge < -0.3 is 14.2 Å². The van der Waals surface area contributed by atoms with Gasteiger partial charge in [0, 0.05) is 33.3 Å². The SMILES string of the molecule is CN(O)C(=O)CCCOCCC1C2CCC(O2)C1CCOCc1ccccc1. The Balaban J connectivity index is 1.32. The molecule has 2 fully saturated rings. The molecule has 1 aromatic rings. The molecule has 2 bridgehead atoms. The molecule has 2 heterocycles. The summed E-state index contributed by atoms with van der Waals surface area (Å²) in [4.78, 5) is 11.3. The van der Waals surface area contributed by atoms with Gasteiger partial charge in [0.2, 0.25) is 5.91 Å². The average Bonchev–Trinajstić information content (AvgIpc) is 3.30. The smallest absolute Gasteiger partial charge is 0.245 e. The molecule has 0 saturated carbocycles. The van der Waals surface area contributed by atoms with Crippen molar-refractivity contribution in [2.75, 3.05) is 26.9 Å². The minimum atomic E-state index is -0.277. The Bertz CT molecular complexity index is 594. The third-order valence-electron chi connectivity index (χ3n) is 5.93. The summed E-state index contributed by atoms with van der Waals surface area (Å²) in [5, 5.41) is 9.67. The zero-order valence-corrected chi connectivity index (χ0v) is 16.8. The Morgan fingerprint density at radius 3 is 2.36 bits per heavy atom. The van der Waals surface area contributed by atoms with Crippen LogP contribution < -0.4 is 0 Å². The van der Waals surface area contributed by atoms with Gasteiger partial charge in [0.25, 0.3) is 0 Å². The van der Waals surface area contributed by atoms with Gasteiger partial charge in [-0.05, 0) is 49.5 Å². The standard InChI is InChI=1S/C22H33NO5/c1-23(25)22(24)8-5-13-26-14-11-18-19(21-10-9-20(18)28-21)12-15-27-16-17-6-3-2-4-7-17/h2-4,6-7,18-21,25H,5,8-16H2,1H3. The molecule has 0 aliphatic carbocycles. The van der Waals surface area contributed by atoms with Crippen molar-refractivity contribution in [1.82, 2.24) is 5.06 Å². The van der Waals surface area contributed by atoms with Crippen LogP contribution >= 0.6 is 0 Å². The molecule has 0 radical (unpaired) electrons. The summed E-state index contributed by atoms with van der Waals surface area (Å²) in [6.07, 6.45) is 6.06. The van der Waals surface area contributed by atoms with E-state index in [-0.39, 0.29) is 5.91 Å². The van der Waals surface area contributed by atoms with E-state index in [2.05, 4.69) is 12.1 Å². The van der Waals surface area contributed by atoms with Gasteiger partial charge in [-0.25, -0.2) is 5.06 Å². The lowest BCUT2D eigenvalue weighted by Crippen LogP contribution is -2.29. The van der Waals surface area contributed by atoms with Crippen LogP contribution in [0.4, 0.5) is 0 Å². The second-order valence-corrected chi connectivity index (χ2v) is 7.87. The molecule has 2 aliphatic heterocycles. The summed E-state index contributed by atoms with van der Waals surface area (Å²) >= 11 is 0. The Hall–Kier alpha value is -1.47. The Labute approximate surface area is 167 Å². The number of nitrogens with zero attached hydrogens (tertiary/aromatic N) is 1. The van der Waals surface area contributed by atoms with E-state index in [4.69, 9.17) is 19.4 Å². The summed E-state index contributed by atoms with van der Waals surface area (Å²) in [5.41, 5.74) is 1.21. The van der Waals surface area contributed by atoms with E-state index in [1.54, 1.807) is 0 Å². The van der Waals surface area contributed by atoms with E-state index in [0.29, 0.717) is 61.8 Å². The Kier molecular flexibility index (Phi) is 8.27. The van der Waals surface area contributed by atoms with Crippen molar-refractivity contribution < 1.29 is 24.2 Å². The van der Waals surface area contributed by atoms with Crippen molar-refractivity contribution in [1.29, 1.82) is 0 Å². The molecular weight excluding hydrogens is 358 g/mol. The van der Waals surface area contributed by atoms with Crippen LogP contribution in [0.2, 0.25) is 0 Å². The fourth-order valence-corrected chi connectivity index (χ4v) is 4.46. The molecule has 1 N–H and O–H groups in total. The van der Waals surface area contributed by atoms with E-state index < -0.39 is 0 Å². The number of carbonyl (C=O) groups is 1. The van der Waals surface area contributed by atoms with Crippen LogP contribution in [-0.4, -0.2) is 55.3 Å². The van der Waals surface area contributed by atoms with Gasteiger partial charge in [-0.1, -0.05) is 30.3 Å². The normalized spacial score (nSPS) is 25.9. The third kappa shape index (κ3) is 6.01. The van der Waals surface area contributed by atoms with Gasteiger partial charge in [-0.2, -0.15) is 0 Å². The largest absolute Gasteiger partial charge is 0.381 e. The first-order chi connectivity index (χ1) is 13.6. The molecule has 28 heavy (non-hydrogen) atoms. The lowest BCUT2D eigenvalue weighted by molar-refractivity contribution is -0.159. The highest BCUT2D eigenvalue weighted by Gasteiger charge is 2.47. The zero-order chi connectivity index (χ0) is 19.8. The maximum Gasteiger partial charge on any atom is 0.245 e. The summed E-state index contributed by atoms with van der Waals surface area (Å²) in [5.74, 6) is 0.827. The first-order valence-corrected chi connectivity index (χ1v) is 10.5. The molecule has 1 aromatic carbocycles. The molecule has 0 spiro atoms. The Morgan fingerprint density at radius 2 is 1.71 bits per heavy atom. The predicted molar refractivity (Wildman–Crippen MR) is 105 cm³/mol. The molecule has 1 amide bonds. The first kappa shape index (κ1) is 21.2. The third-order valence-corrected chi connectivity index (χ3v) is 5.93. The minimum absolute atomic E-state index is 0.277. The highest BCUT2D eigenvalue weighted by molar-refractivity contribution is 5.74. The highest BCUT2D eigenvalue weighted by atomic mass is 16.5. The lowest BCUT2D eigenvalue weighted by Gasteiger charge is -2.28. The fourth-order valence-electron chi connectivity index (χ4n) is 4.46. The molecule has 6 nitrogen and oxygen atoms in total. The molecule has 4 unspecified atom stereocenters. The van der Waals surface area contributed by atoms with Gasteiger partial charge in [-0.3, -0.25) is 10.0 Å². The van der Waals surface area contributed by atoms with E-state index >= 15 is 0 Å². The number of amides is 1. The number of ether oxygens (including phenoxy) is 3. The van der Waals surface area contributed by atoms with Crippen LogP contribution in [0.15, 0.2) is 30.3 Å². The average molecular weight is 392 g/mol. The number of hydrogen-bond acceptors (Lipinski definition) is 5. The minimum Gasteiger partial charge on any atom is -0.381 e. The maximum absolute atomic E-state index is 11.3. The van der Waals surface area contributed by atoms with Crippen LogP contribution in [-0.2, 0) is 25.6 Å². The van der Waals surface area contributed by atoms with Gasteiger partial charge in [0.05, 0.1) is 18.8 Å². The van der Waals surface area contributed by atoms with Gasteiger partial charge in [0.15, 0.2) is 0 Å². The van der Waals surface area contributed by atoms with Crippen molar-refractivity contribution in [3.05, 3.63) is 35.9 Å². The number of hydrogen-bond donors (Lipinski definition) is 1. The summed E-state index contributed by atoms with van der Waals surface area (Å²) in [7, 11) is 1.35. The van der Waals surface area contributed by atoms with Crippen LogP contribution in [0.3, 0.4) is 0 Å². The molecule has 3 rings (SSSR count). The monoisotopic (exact) mass is 391 g/mol. The number of carbonyl (C=O) groups excluding carboxylic acids is 1. The fraction of sp³-hybridized carbons (Fsp3) is 0.682. The quantitative estimate of drug-likeness (QED) is 0.336. The molecule has 0 aromatic heterocycles. The number of benzene rings is 1. The number of fused-ring (bicyclic) bond motifs is 2. The summed E-state index contributed by atoms with van der Waals surface area (Å²) < 4.78 is 17.8. The van der Waals surface area contributed by atoms with Crippen LogP contribution in [0.1, 0.15) is 44.1 Å². The maximum atomic E-state index is 11.3. The number of rotatable bonds is 12. The van der Waals surface area contributed by atoms with Crippen molar-refractivity contribution >= 4 is 5.91 Å². The molecule has 4 atom stereocenters. The van der Waals surface area contributed by atoms with E-state index in [1.807, 2.05) is 18.2 Å². The van der Waals surface area contributed by atoms with Gasteiger partial charge in [0.1, 0.15) is 0 Å². The van der Waals surface area contributed by atoms with Gasteiger partial charge in [-0.15, -0.1) is 0 Å². The summed E-state index contributed by atoms with van der Waals surface area (Å²) in [6, 6.07) is 10.3. The van der Waals surface area contributed by atoms with E-state index in [9.17, 15) is 4.79 Å². The van der Waals surface area contributed by atoms with Gasteiger partial charge >= 0.3 is 0 Å². The number of hydroxylamine groups is 2.